The fraction of sp³-hybridized carbons (Fsp3) is 1.00. The molecule has 1 heterocycles. The fourth-order valence-electron chi connectivity index (χ4n) is 3.84. The van der Waals surface area contributed by atoms with Crippen molar-refractivity contribution in [3.63, 3.8) is 0 Å². The summed E-state index contributed by atoms with van der Waals surface area (Å²) >= 11 is 0. The van der Waals surface area contributed by atoms with Crippen LogP contribution in [-0.4, -0.2) is 36.6 Å². The van der Waals surface area contributed by atoms with E-state index >= 15 is 0 Å². The summed E-state index contributed by atoms with van der Waals surface area (Å²) in [6, 6.07) is 1.57. The summed E-state index contributed by atoms with van der Waals surface area (Å²) in [5, 5.41) is 3.76. The number of nitrogens with one attached hydrogen (secondary N) is 1. The molecule has 0 bridgehead atoms. The van der Waals surface area contributed by atoms with Crippen molar-refractivity contribution in [2.45, 2.75) is 77.3 Å². The quantitative estimate of drug-likeness (QED) is 0.774. The normalized spacial score (nSPS) is 36.0. The predicted octanol–water partition coefficient (Wildman–Crippen LogP) is 3.42. The maximum Gasteiger partial charge on any atom is 0.0249 e. The van der Waals surface area contributed by atoms with Crippen LogP contribution in [0.5, 0.6) is 0 Å². The summed E-state index contributed by atoms with van der Waals surface area (Å²) in [6.07, 6.45) is 11.4. The highest BCUT2D eigenvalue weighted by molar-refractivity contribution is 4.87. The average molecular weight is 252 g/mol. The molecule has 1 aliphatic carbocycles. The molecule has 1 N–H and O–H groups in total. The van der Waals surface area contributed by atoms with Gasteiger partial charge in [0.05, 0.1) is 0 Å². The molecule has 3 atom stereocenters. The molecule has 0 aromatic heterocycles. The molecule has 2 aliphatic rings. The Balaban J connectivity index is 1.97. The largest absolute Gasteiger partial charge is 0.313 e. The van der Waals surface area contributed by atoms with Crippen LogP contribution in [0.4, 0.5) is 0 Å². The molecule has 18 heavy (non-hydrogen) atoms. The fourth-order valence-corrected chi connectivity index (χ4v) is 3.84. The third-order valence-electron chi connectivity index (χ3n) is 4.97. The molecular formula is C16H32N2. The lowest BCUT2D eigenvalue weighted by Gasteiger charge is -2.36. The summed E-state index contributed by atoms with van der Waals surface area (Å²) in [5.74, 6) is 0.943. The number of hydrogen-bond acceptors (Lipinski definition) is 2. The topological polar surface area (TPSA) is 15.3 Å². The summed E-state index contributed by atoms with van der Waals surface area (Å²) in [4.78, 5) is 2.82. The lowest BCUT2D eigenvalue weighted by molar-refractivity contribution is 0.152. The van der Waals surface area contributed by atoms with Crippen LogP contribution in [0.1, 0.15) is 65.2 Å². The van der Waals surface area contributed by atoms with E-state index in [9.17, 15) is 0 Å². The van der Waals surface area contributed by atoms with E-state index in [0.717, 1.165) is 24.5 Å². The molecule has 2 rings (SSSR count). The second kappa shape index (κ2) is 7.49. The first-order valence-corrected chi connectivity index (χ1v) is 8.28. The molecule has 0 aromatic carbocycles. The van der Waals surface area contributed by atoms with Crippen molar-refractivity contribution >= 4 is 0 Å². The van der Waals surface area contributed by atoms with Crippen molar-refractivity contribution in [3.8, 4) is 0 Å². The van der Waals surface area contributed by atoms with E-state index < -0.39 is 0 Å². The van der Waals surface area contributed by atoms with Crippen molar-refractivity contribution in [1.82, 2.24) is 10.2 Å². The minimum absolute atomic E-state index is 0.755. The van der Waals surface area contributed by atoms with Gasteiger partial charge in [-0.05, 0) is 57.7 Å². The summed E-state index contributed by atoms with van der Waals surface area (Å²) in [7, 11) is 0. The van der Waals surface area contributed by atoms with Gasteiger partial charge >= 0.3 is 0 Å². The second-order valence-electron chi connectivity index (χ2n) is 6.44. The second-order valence-corrected chi connectivity index (χ2v) is 6.44. The zero-order chi connectivity index (χ0) is 12.8. The van der Waals surface area contributed by atoms with Crippen molar-refractivity contribution < 1.29 is 0 Å². The van der Waals surface area contributed by atoms with E-state index in [4.69, 9.17) is 0 Å². The molecule has 0 aromatic rings. The Morgan fingerprint density at radius 2 is 1.78 bits per heavy atom. The smallest absolute Gasteiger partial charge is 0.0249 e. The highest BCUT2D eigenvalue weighted by Crippen LogP contribution is 2.26. The number of nitrogens with zero attached hydrogens (tertiary/aromatic N) is 1. The van der Waals surface area contributed by atoms with E-state index in [2.05, 4.69) is 24.1 Å². The molecule has 2 fully saturated rings. The van der Waals surface area contributed by atoms with Crippen LogP contribution in [-0.2, 0) is 0 Å². The van der Waals surface area contributed by atoms with Crippen molar-refractivity contribution in [2.75, 3.05) is 19.6 Å². The summed E-state index contributed by atoms with van der Waals surface area (Å²) < 4.78 is 0. The van der Waals surface area contributed by atoms with Gasteiger partial charge in [-0.1, -0.05) is 33.1 Å². The van der Waals surface area contributed by atoms with E-state index in [1.807, 2.05) is 0 Å². The zero-order valence-corrected chi connectivity index (χ0v) is 12.5. The molecule has 106 valence electrons. The monoisotopic (exact) mass is 252 g/mol. The van der Waals surface area contributed by atoms with E-state index in [1.165, 1.54) is 64.5 Å². The Kier molecular flexibility index (Phi) is 5.97. The predicted molar refractivity (Wildman–Crippen MR) is 78.9 cm³/mol. The molecule has 3 unspecified atom stereocenters. The minimum Gasteiger partial charge on any atom is -0.313 e. The van der Waals surface area contributed by atoms with Crippen LogP contribution >= 0.6 is 0 Å². The molecule has 2 heteroatoms. The molecule has 1 saturated heterocycles. The van der Waals surface area contributed by atoms with Crippen LogP contribution in [0.15, 0.2) is 0 Å². The molecule has 0 radical (unpaired) electrons. The number of likely N-dealkylation sites (tertiary alicyclic amines) is 1. The minimum atomic E-state index is 0.755. The summed E-state index contributed by atoms with van der Waals surface area (Å²) in [5.41, 5.74) is 0. The SMILES string of the molecule is CCNC1CCCCCC1N1CCCC(C)CC1. The van der Waals surface area contributed by atoms with Gasteiger partial charge < -0.3 is 5.32 Å². The highest BCUT2D eigenvalue weighted by atomic mass is 15.2. The number of rotatable bonds is 3. The van der Waals surface area contributed by atoms with Crippen LogP contribution in [0.2, 0.25) is 0 Å². The maximum atomic E-state index is 3.76. The first-order valence-electron chi connectivity index (χ1n) is 8.28. The zero-order valence-electron chi connectivity index (χ0n) is 12.5. The van der Waals surface area contributed by atoms with Gasteiger partial charge in [-0.3, -0.25) is 4.90 Å². The van der Waals surface area contributed by atoms with Crippen molar-refractivity contribution in [1.29, 1.82) is 0 Å². The molecule has 0 amide bonds. The lowest BCUT2D eigenvalue weighted by Crippen LogP contribution is -2.50. The third kappa shape index (κ3) is 3.96. The molecule has 2 nitrogen and oxygen atoms in total. The van der Waals surface area contributed by atoms with Gasteiger partial charge in [0.1, 0.15) is 0 Å². The lowest BCUT2D eigenvalue weighted by atomic mass is 10.0. The summed E-state index contributed by atoms with van der Waals surface area (Å²) in [6.45, 7) is 8.50. The van der Waals surface area contributed by atoms with Gasteiger partial charge in [-0.15, -0.1) is 0 Å². The van der Waals surface area contributed by atoms with Crippen LogP contribution < -0.4 is 5.32 Å². The van der Waals surface area contributed by atoms with Crippen LogP contribution in [0, 0.1) is 5.92 Å². The standard InChI is InChI=1S/C16H32N2/c1-3-17-15-9-5-4-6-10-16(15)18-12-7-8-14(2)11-13-18/h14-17H,3-13H2,1-2H3. The average Bonchev–Trinajstić information content (AvgIpc) is 2.70. The number of hydrogen-bond donors (Lipinski definition) is 1. The molecular weight excluding hydrogens is 220 g/mol. The van der Waals surface area contributed by atoms with Gasteiger partial charge in [-0.25, -0.2) is 0 Å². The molecule has 1 aliphatic heterocycles. The maximum absolute atomic E-state index is 3.76. The van der Waals surface area contributed by atoms with E-state index in [1.54, 1.807) is 0 Å². The van der Waals surface area contributed by atoms with Crippen LogP contribution in [0.3, 0.4) is 0 Å². The van der Waals surface area contributed by atoms with Crippen LogP contribution in [0.25, 0.3) is 0 Å². The Morgan fingerprint density at radius 3 is 2.61 bits per heavy atom. The Morgan fingerprint density at radius 1 is 0.944 bits per heavy atom. The highest BCUT2D eigenvalue weighted by Gasteiger charge is 2.29. The first kappa shape index (κ1) is 14.3. The van der Waals surface area contributed by atoms with Crippen molar-refractivity contribution in [2.24, 2.45) is 5.92 Å². The third-order valence-corrected chi connectivity index (χ3v) is 4.97. The first-order chi connectivity index (χ1) is 8.81. The van der Waals surface area contributed by atoms with Gasteiger partial charge in [0.2, 0.25) is 0 Å². The Labute approximate surface area is 114 Å². The number of likely N-dealkylation sites (N-methyl/N-ethyl adjacent to an activating group) is 1. The molecule has 0 spiro atoms. The van der Waals surface area contributed by atoms with E-state index in [0.29, 0.717) is 0 Å². The van der Waals surface area contributed by atoms with Gasteiger partial charge in [0, 0.05) is 12.1 Å². The van der Waals surface area contributed by atoms with Crippen molar-refractivity contribution in [3.05, 3.63) is 0 Å². The Bertz CT molecular complexity index is 229. The van der Waals surface area contributed by atoms with Gasteiger partial charge in [0.25, 0.3) is 0 Å². The van der Waals surface area contributed by atoms with E-state index in [-0.39, 0.29) is 0 Å². The Hall–Kier alpha value is -0.0800. The van der Waals surface area contributed by atoms with Gasteiger partial charge in [0.15, 0.2) is 0 Å². The molecule has 1 saturated carbocycles. The van der Waals surface area contributed by atoms with Gasteiger partial charge in [-0.2, -0.15) is 0 Å².